The average molecular weight is 412 g/mol. The van der Waals surface area contributed by atoms with Crippen LogP contribution >= 0.6 is 34.5 Å². The van der Waals surface area contributed by atoms with Gasteiger partial charge < -0.3 is 10.2 Å². The quantitative estimate of drug-likeness (QED) is 0.268. The second-order valence-electron chi connectivity index (χ2n) is 5.46. The van der Waals surface area contributed by atoms with E-state index in [1.165, 1.54) is 17.4 Å². The number of thiazole rings is 1. The normalized spacial score (nSPS) is 10.9. The number of hydrogen-bond donors (Lipinski definition) is 2. The predicted octanol–water partition coefficient (Wildman–Crippen LogP) is 5.12. The van der Waals surface area contributed by atoms with Crippen molar-refractivity contribution in [2.75, 3.05) is 0 Å². The number of hydrogen-bond acceptors (Lipinski definition) is 7. The second kappa shape index (κ2) is 6.71. The maximum atomic E-state index is 11.0. The number of aryl methyl sites for hydroxylation is 1. The molecule has 26 heavy (non-hydrogen) atoms. The molecule has 0 radical (unpaired) electrons. The molecule has 0 saturated heterocycles. The van der Waals surface area contributed by atoms with Crippen LogP contribution in [0.5, 0.6) is 11.5 Å². The smallest absolute Gasteiger partial charge is 0.315 e. The molecule has 0 aliphatic carbocycles. The molecule has 134 valence electrons. The second-order valence-corrected chi connectivity index (χ2v) is 7.05. The van der Waals surface area contributed by atoms with E-state index >= 15 is 0 Å². The van der Waals surface area contributed by atoms with Crippen LogP contribution in [0.2, 0.25) is 10.2 Å². The van der Waals surface area contributed by atoms with Gasteiger partial charge in [0.1, 0.15) is 10.2 Å². The van der Waals surface area contributed by atoms with E-state index in [1.807, 2.05) is 0 Å². The number of rotatable bonds is 3. The number of aromatic nitrogens is 2. The molecule has 10 heteroatoms. The summed E-state index contributed by atoms with van der Waals surface area (Å²) in [4.78, 5) is 18.9. The summed E-state index contributed by atoms with van der Waals surface area (Å²) in [6.45, 7) is 3.55. The predicted molar refractivity (Wildman–Crippen MR) is 100 cm³/mol. The Morgan fingerprint density at radius 2 is 1.88 bits per heavy atom. The van der Waals surface area contributed by atoms with Crippen molar-refractivity contribution >= 4 is 40.2 Å². The summed E-state index contributed by atoms with van der Waals surface area (Å²) in [5, 5.41) is 33.3. The van der Waals surface area contributed by atoms with E-state index in [4.69, 9.17) is 23.2 Å². The molecule has 0 unspecified atom stereocenters. The molecule has 0 saturated carbocycles. The SMILES string of the molecule is Cc1nc(Cl)c(-c2nc(-c3cc(O)c(O)c([N+](=O)[O-])c3)cs2)c(C)c1Cl. The molecule has 0 bridgehead atoms. The third-order valence-corrected chi connectivity index (χ3v) is 5.46. The standard InChI is InChI=1S/C16H11Cl2N3O4S/c1-6-12(15(18)19-7(2)13(6)17)16-20-9(5-26-16)8-3-10(21(24)25)14(23)11(22)4-8/h3-5,22-23H,1-2H3. The summed E-state index contributed by atoms with van der Waals surface area (Å²) >= 11 is 13.7. The van der Waals surface area contributed by atoms with Crippen LogP contribution in [0.3, 0.4) is 0 Å². The molecule has 0 atom stereocenters. The van der Waals surface area contributed by atoms with Crippen LogP contribution in [0, 0.1) is 24.0 Å². The molecule has 0 amide bonds. The summed E-state index contributed by atoms with van der Waals surface area (Å²) in [7, 11) is 0. The number of phenols is 2. The van der Waals surface area contributed by atoms with Gasteiger partial charge in [0.05, 0.1) is 26.9 Å². The van der Waals surface area contributed by atoms with Gasteiger partial charge in [-0.2, -0.15) is 0 Å². The highest BCUT2D eigenvalue weighted by Crippen LogP contribution is 2.42. The van der Waals surface area contributed by atoms with Crippen molar-refractivity contribution in [1.29, 1.82) is 0 Å². The lowest BCUT2D eigenvalue weighted by Gasteiger charge is -2.09. The number of pyridine rings is 1. The van der Waals surface area contributed by atoms with Gasteiger partial charge in [0.15, 0.2) is 5.75 Å². The molecule has 2 heterocycles. The first-order chi connectivity index (χ1) is 12.2. The first kappa shape index (κ1) is 18.4. The molecule has 7 nitrogen and oxygen atoms in total. The molecule has 3 rings (SSSR count). The van der Waals surface area contributed by atoms with Crippen LogP contribution in [0.4, 0.5) is 5.69 Å². The van der Waals surface area contributed by atoms with Gasteiger partial charge in [-0.3, -0.25) is 10.1 Å². The Morgan fingerprint density at radius 1 is 1.19 bits per heavy atom. The van der Waals surface area contributed by atoms with E-state index in [1.54, 1.807) is 19.2 Å². The third kappa shape index (κ3) is 3.07. The molecule has 2 N–H and O–H groups in total. The highest BCUT2D eigenvalue weighted by atomic mass is 35.5. The summed E-state index contributed by atoms with van der Waals surface area (Å²) in [6.07, 6.45) is 0. The van der Waals surface area contributed by atoms with Gasteiger partial charge >= 0.3 is 5.69 Å². The first-order valence-corrected chi connectivity index (χ1v) is 8.83. The average Bonchev–Trinajstić information content (AvgIpc) is 3.04. The van der Waals surface area contributed by atoms with Gasteiger partial charge in [-0.05, 0) is 25.5 Å². The Labute approximate surface area is 161 Å². The molecule has 2 aromatic heterocycles. The highest BCUT2D eigenvalue weighted by Gasteiger charge is 2.22. The molecule has 0 aliphatic rings. The van der Waals surface area contributed by atoms with Crippen molar-refractivity contribution in [2.24, 2.45) is 0 Å². The fourth-order valence-electron chi connectivity index (χ4n) is 2.45. The maximum Gasteiger partial charge on any atom is 0.315 e. The van der Waals surface area contributed by atoms with Gasteiger partial charge in [-0.25, -0.2) is 9.97 Å². The van der Waals surface area contributed by atoms with E-state index in [0.717, 1.165) is 11.6 Å². The number of nitro groups is 1. The van der Waals surface area contributed by atoms with Crippen molar-refractivity contribution < 1.29 is 15.1 Å². The Morgan fingerprint density at radius 3 is 2.54 bits per heavy atom. The Balaban J connectivity index is 2.13. The van der Waals surface area contributed by atoms with Crippen LogP contribution in [0.1, 0.15) is 11.3 Å². The summed E-state index contributed by atoms with van der Waals surface area (Å²) in [5.41, 5.74) is 1.98. The van der Waals surface area contributed by atoms with Crippen LogP contribution in [0.15, 0.2) is 17.5 Å². The summed E-state index contributed by atoms with van der Waals surface area (Å²) in [5.74, 6) is -1.39. The van der Waals surface area contributed by atoms with Crippen molar-refractivity contribution in [3.8, 4) is 33.3 Å². The number of nitro benzene ring substituents is 1. The lowest BCUT2D eigenvalue weighted by atomic mass is 10.1. The van der Waals surface area contributed by atoms with Gasteiger partial charge in [-0.1, -0.05) is 23.2 Å². The van der Waals surface area contributed by atoms with Gasteiger partial charge in [0, 0.05) is 17.0 Å². The number of benzene rings is 1. The molecular weight excluding hydrogens is 401 g/mol. The molecule has 0 fully saturated rings. The number of aromatic hydroxyl groups is 2. The maximum absolute atomic E-state index is 11.0. The lowest BCUT2D eigenvalue weighted by molar-refractivity contribution is -0.385. The van der Waals surface area contributed by atoms with Crippen molar-refractivity contribution in [2.45, 2.75) is 13.8 Å². The fourth-order valence-corrected chi connectivity index (χ4v) is 3.93. The van der Waals surface area contributed by atoms with Crippen LogP contribution in [-0.4, -0.2) is 25.1 Å². The van der Waals surface area contributed by atoms with E-state index in [9.17, 15) is 20.3 Å². The Hall–Kier alpha value is -2.42. The lowest BCUT2D eigenvalue weighted by Crippen LogP contribution is -1.94. The first-order valence-electron chi connectivity index (χ1n) is 7.19. The zero-order valence-corrected chi connectivity index (χ0v) is 15.8. The van der Waals surface area contributed by atoms with E-state index in [0.29, 0.717) is 27.0 Å². The highest BCUT2D eigenvalue weighted by molar-refractivity contribution is 7.13. The van der Waals surface area contributed by atoms with Gasteiger partial charge in [0.2, 0.25) is 5.75 Å². The molecular formula is C16H11Cl2N3O4S. The zero-order valence-electron chi connectivity index (χ0n) is 13.4. The number of nitrogens with zero attached hydrogens (tertiary/aromatic N) is 3. The van der Waals surface area contributed by atoms with Crippen LogP contribution in [-0.2, 0) is 0 Å². The molecule has 0 spiro atoms. The van der Waals surface area contributed by atoms with E-state index < -0.39 is 22.1 Å². The molecule has 0 aliphatic heterocycles. The van der Waals surface area contributed by atoms with Crippen molar-refractivity contribution in [3.63, 3.8) is 0 Å². The minimum atomic E-state index is -0.789. The van der Waals surface area contributed by atoms with E-state index in [-0.39, 0.29) is 10.7 Å². The largest absolute Gasteiger partial charge is 0.504 e. The van der Waals surface area contributed by atoms with Crippen LogP contribution < -0.4 is 0 Å². The minimum absolute atomic E-state index is 0.254. The third-order valence-electron chi connectivity index (χ3n) is 3.77. The molecule has 3 aromatic rings. The van der Waals surface area contributed by atoms with Crippen LogP contribution in [0.25, 0.3) is 21.8 Å². The zero-order chi connectivity index (χ0) is 19.2. The van der Waals surface area contributed by atoms with Crippen molar-refractivity contribution in [3.05, 3.63) is 49.1 Å². The topological polar surface area (TPSA) is 109 Å². The fraction of sp³-hybridized carbons (Fsp3) is 0.125. The monoisotopic (exact) mass is 411 g/mol. The minimum Gasteiger partial charge on any atom is -0.504 e. The Bertz CT molecular complexity index is 1050. The summed E-state index contributed by atoms with van der Waals surface area (Å²) < 4.78 is 0. The molecule has 1 aromatic carbocycles. The van der Waals surface area contributed by atoms with E-state index in [2.05, 4.69) is 9.97 Å². The van der Waals surface area contributed by atoms with Crippen molar-refractivity contribution in [1.82, 2.24) is 9.97 Å². The Kier molecular flexibility index (Phi) is 4.74. The van der Waals surface area contributed by atoms with Gasteiger partial charge in [0.25, 0.3) is 0 Å². The van der Waals surface area contributed by atoms with Gasteiger partial charge in [-0.15, -0.1) is 11.3 Å². The number of phenolic OH excluding ortho intramolecular Hbond substituents is 2. The summed E-state index contributed by atoms with van der Waals surface area (Å²) in [6, 6.07) is 2.35. The number of halogens is 2.